The Morgan fingerprint density at radius 1 is 1.38 bits per heavy atom. The summed E-state index contributed by atoms with van der Waals surface area (Å²) in [5.41, 5.74) is 3.31. The number of aliphatic carboxylic acids is 1. The molecule has 0 bridgehead atoms. The Hall–Kier alpha value is -1.49. The van der Waals surface area contributed by atoms with E-state index in [0.717, 1.165) is 21.8 Å². The predicted octanol–water partition coefficient (Wildman–Crippen LogP) is 4.03. The van der Waals surface area contributed by atoms with Gasteiger partial charge in [0.2, 0.25) is 0 Å². The number of hydrogen-bond acceptors (Lipinski definition) is 3. The van der Waals surface area contributed by atoms with Crippen molar-refractivity contribution in [3.63, 3.8) is 0 Å². The minimum Gasteiger partial charge on any atom is -0.481 e. The Labute approximate surface area is 128 Å². The zero-order valence-corrected chi connectivity index (χ0v) is 13.0. The molecule has 1 N–H and O–H groups in total. The third-order valence-electron chi connectivity index (χ3n) is 4.15. The second-order valence-electron chi connectivity index (χ2n) is 5.68. The first-order valence-electron chi connectivity index (χ1n) is 7.49. The van der Waals surface area contributed by atoms with Crippen molar-refractivity contribution in [3.8, 4) is 0 Å². The molecule has 112 valence electrons. The van der Waals surface area contributed by atoms with Crippen molar-refractivity contribution in [1.29, 1.82) is 0 Å². The van der Waals surface area contributed by atoms with Gasteiger partial charge < -0.3 is 9.67 Å². The highest BCUT2D eigenvalue weighted by molar-refractivity contribution is 7.99. The van der Waals surface area contributed by atoms with E-state index in [-0.39, 0.29) is 5.75 Å². The number of thioether (sulfide) groups is 1. The van der Waals surface area contributed by atoms with Crippen LogP contribution in [0.1, 0.15) is 43.7 Å². The highest BCUT2D eigenvalue weighted by Gasteiger charge is 2.22. The Morgan fingerprint density at radius 3 is 2.86 bits per heavy atom. The van der Waals surface area contributed by atoms with Gasteiger partial charge in [0, 0.05) is 6.04 Å². The summed E-state index contributed by atoms with van der Waals surface area (Å²) >= 11 is 1.34. The minimum absolute atomic E-state index is 0.0646. The van der Waals surface area contributed by atoms with Crippen LogP contribution in [-0.2, 0) is 4.79 Å². The molecule has 0 atom stereocenters. The highest BCUT2D eigenvalue weighted by Crippen LogP contribution is 2.36. The molecule has 0 amide bonds. The number of aryl methyl sites for hydroxylation is 1. The van der Waals surface area contributed by atoms with E-state index in [4.69, 9.17) is 10.1 Å². The van der Waals surface area contributed by atoms with E-state index < -0.39 is 5.97 Å². The fourth-order valence-corrected chi connectivity index (χ4v) is 3.95. The van der Waals surface area contributed by atoms with Gasteiger partial charge in [0.15, 0.2) is 5.16 Å². The van der Waals surface area contributed by atoms with Crippen LogP contribution in [0.4, 0.5) is 0 Å². The number of benzene rings is 1. The number of carboxylic acid groups (broad SMARTS) is 1. The normalized spacial score (nSPS) is 16.4. The van der Waals surface area contributed by atoms with E-state index in [2.05, 4.69) is 29.7 Å². The molecule has 1 aromatic carbocycles. The van der Waals surface area contributed by atoms with Crippen molar-refractivity contribution >= 4 is 28.8 Å². The van der Waals surface area contributed by atoms with Crippen LogP contribution in [0.5, 0.6) is 0 Å². The molecule has 1 aliphatic carbocycles. The average Bonchev–Trinajstić information content (AvgIpc) is 2.86. The average molecular weight is 304 g/mol. The SMILES string of the molecule is Cc1cccc2c1nc(SCC(=O)O)n2C1CCCCC1. The van der Waals surface area contributed by atoms with E-state index in [1.165, 1.54) is 43.9 Å². The van der Waals surface area contributed by atoms with Crippen LogP contribution in [-0.4, -0.2) is 26.4 Å². The molecule has 3 rings (SSSR count). The number of para-hydroxylation sites is 1. The molecular weight excluding hydrogens is 284 g/mol. The molecule has 1 aliphatic rings. The maximum atomic E-state index is 10.9. The van der Waals surface area contributed by atoms with E-state index in [1.54, 1.807) is 0 Å². The van der Waals surface area contributed by atoms with Crippen molar-refractivity contribution in [1.82, 2.24) is 9.55 Å². The standard InChI is InChI=1S/C16H20N2O2S/c1-11-6-5-9-13-15(11)17-16(21-10-14(19)20)18(13)12-7-3-2-4-8-12/h5-6,9,12H,2-4,7-8,10H2,1H3,(H,19,20). The van der Waals surface area contributed by atoms with E-state index in [1.807, 2.05) is 0 Å². The number of hydrogen-bond donors (Lipinski definition) is 1. The molecular formula is C16H20N2O2S. The van der Waals surface area contributed by atoms with Gasteiger partial charge in [-0.3, -0.25) is 4.79 Å². The second kappa shape index (κ2) is 6.10. The summed E-state index contributed by atoms with van der Waals surface area (Å²) in [5, 5.41) is 9.80. The van der Waals surface area contributed by atoms with Crippen LogP contribution in [0.2, 0.25) is 0 Å². The molecule has 1 fully saturated rings. The smallest absolute Gasteiger partial charge is 0.313 e. The van der Waals surface area contributed by atoms with Crippen LogP contribution < -0.4 is 0 Å². The fraction of sp³-hybridized carbons (Fsp3) is 0.500. The monoisotopic (exact) mass is 304 g/mol. The zero-order valence-electron chi connectivity index (χ0n) is 12.2. The van der Waals surface area contributed by atoms with Crippen LogP contribution in [0.3, 0.4) is 0 Å². The lowest BCUT2D eigenvalue weighted by Gasteiger charge is -2.25. The Kier molecular flexibility index (Phi) is 4.19. The summed E-state index contributed by atoms with van der Waals surface area (Å²) in [6.07, 6.45) is 6.14. The van der Waals surface area contributed by atoms with Gasteiger partial charge in [-0.2, -0.15) is 0 Å². The number of rotatable bonds is 4. The Bertz CT molecular complexity index is 660. The summed E-state index contributed by atoms with van der Waals surface area (Å²) < 4.78 is 2.29. The predicted molar refractivity (Wildman–Crippen MR) is 85.0 cm³/mol. The van der Waals surface area contributed by atoms with Crippen LogP contribution in [0.25, 0.3) is 11.0 Å². The van der Waals surface area contributed by atoms with Crippen LogP contribution in [0, 0.1) is 6.92 Å². The van der Waals surface area contributed by atoms with Gasteiger partial charge in [0.05, 0.1) is 16.8 Å². The molecule has 4 nitrogen and oxygen atoms in total. The van der Waals surface area contributed by atoms with Gasteiger partial charge in [0.1, 0.15) is 0 Å². The first kappa shape index (κ1) is 14.4. The molecule has 1 saturated carbocycles. The summed E-state index contributed by atoms with van der Waals surface area (Å²) in [4.78, 5) is 15.6. The van der Waals surface area contributed by atoms with Gasteiger partial charge >= 0.3 is 5.97 Å². The van der Waals surface area contributed by atoms with Crippen molar-refractivity contribution in [2.75, 3.05) is 5.75 Å². The van der Waals surface area contributed by atoms with Gasteiger partial charge in [0.25, 0.3) is 0 Å². The molecule has 0 radical (unpaired) electrons. The quantitative estimate of drug-likeness (QED) is 0.867. The molecule has 21 heavy (non-hydrogen) atoms. The first-order chi connectivity index (χ1) is 10.2. The number of carboxylic acids is 1. The van der Waals surface area contributed by atoms with Gasteiger partial charge in [-0.1, -0.05) is 43.2 Å². The summed E-state index contributed by atoms with van der Waals surface area (Å²) in [6.45, 7) is 2.06. The molecule has 0 aliphatic heterocycles. The largest absolute Gasteiger partial charge is 0.481 e. The first-order valence-corrected chi connectivity index (χ1v) is 8.47. The highest BCUT2D eigenvalue weighted by atomic mass is 32.2. The van der Waals surface area contributed by atoms with Gasteiger partial charge in [-0.15, -0.1) is 0 Å². The van der Waals surface area contributed by atoms with Crippen molar-refractivity contribution < 1.29 is 9.90 Å². The maximum absolute atomic E-state index is 10.9. The van der Waals surface area contributed by atoms with Crippen LogP contribution in [0.15, 0.2) is 23.4 Å². The Morgan fingerprint density at radius 2 is 2.14 bits per heavy atom. The molecule has 2 aromatic rings. The number of carbonyl (C=O) groups is 1. The maximum Gasteiger partial charge on any atom is 0.313 e. The Balaban J connectivity index is 2.06. The molecule has 0 spiro atoms. The lowest BCUT2D eigenvalue weighted by Crippen LogP contribution is -2.14. The van der Waals surface area contributed by atoms with E-state index in [0.29, 0.717) is 6.04 Å². The summed E-state index contributed by atoms with van der Waals surface area (Å²) in [7, 11) is 0. The van der Waals surface area contributed by atoms with Crippen molar-refractivity contribution in [2.24, 2.45) is 0 Å². The summed E-state index contributed by atoms with van der Waals surface area (Å²) in [5.74, 6) is -0.728. The third-order valence-corrected chi connectivity index (χ3v) is 5.09. The molecule has 5 heteroatoms. The van der Waals surface area contributed by atoms with E-state index in [9.17, 15) is 4.79 Å². The summed E-state index contributed by atoms with van der Waals surface area (Å²) in [6, 6.07) is 6.69. The number of nitrogens with zero attached hydrogens (tertiary/aromatic N) is 2. The number of fused-ring (bicyclic) bond motifs is 1. The van der Waals surface area contributed by atoms with Gasteiger partial charge in [-0.05, 0) is 31.4 Å². The lowest BCUT2D eigenvalue weighted by molar-refractivity contribution is -0.133. The van der Waals surface area contributed by atoms with Crippen LogP contribution >= 0.6 is 11.8 Å². The van der Waals surface area contributed by atoms with Crippen molar-refractivity contribution in [3.05, 3.63) is 23.8 Å². The third kappa shape index (κ3) is 2.93. The van der Waals surface area contributed by atoms with E-state index >= 15 is 0 Å². The zero-order chi connectivity index (χ0) is 14.8. The number of imidazole rings is 1. The molecule has 1 heterocycles. The lowest BCUT2D eigenvalue weighted by atomic mass is 9.95. The molecule has 0 saturated heterocycles. The number of aromatic nitrogens is 2. The fourth-order valence-electron chi connectivity index (χ4n) is 3.16. The minimum atomic E-state index is -0.793. The van der Waals surface area contributed by atoms with Gasteiger partial charge in [-0.25, -0.2) is 4.98 Å². The molecule has 1 aromatic heterocycles. The van der Waals surface area contributed by atoms with Crippen molar-refractivity contribution in [2.45, 2.75) is 50.2 Å². The topological polar surface area (TPSA) is 55.1 Å². The second-order valence-corrected chi connectivity index (χ2v) is 6.62. The molecule has 0 unspecified atom stereocenters.